The van der Waals surface area contributed by atoms with Gasteiger partial charge in [0.05, 0.1) is 16.5 Å². The van der Waals surface area contributed by atoms with E-state index >= 15 is 0 Å². The third-order valence-corrected chi connectivity index (χ3v) is 6.28. The van der Waals surface area contributed by atoms with Crippen LogP contribution in [0.3, 0.4) is 0 Å². The van der Waals surface area contributed by atoms with Crippen LogP contribution in [0, 0.1) is 5.92 Å². The molecule has 4 rings (SSSR count). The number of benzene rings is 1. The van der Waals surface area contributed by atoms with Crippen LogP contribution in [-0.4, -0.2) is 46.5 Å². The van der Waals surface area contributed by atoms with E-state index in [9.17, 15) is 14.4 Å². The van der Waals surface area contributed by atoms with Gasteiger partial charge in [-0.15, -0.1) is 11.8 Å². The fourth-order valence-electron chi connectivity index (χ4n) is 3.86. The highest BCUT2D eigenvalue weighted by atomic mass is 32.2. The number of carbonyl (C=O) groups is 3. The lowest BCUT2D eigenvalue weighted by Gasteiger charge is -2.35. The van der Waals surface area contributed by atoms with E-state index in [0.717, 1.165) is 19.3 Å². The molecule has 2 aliphatic heterocycles. The number of hydrogen-bond acceptors (Lipinski definition) is 4. The maximum absolute atomic E-state index is 12.3. The van der Waals surface area contributed by atoms with Gasteiger partial charge >= 0.3 is 6.03 Å². The van der Waals surface area contributed by atoms with E-state index in [1.165, 1.54) is 4.90 Å². The summed E-state index contributed by atoms with van der Waals surface area (Å²) in [6, 6.07) is 7.07. The van der Waals surface area contributed by atoms with Crippen molar-refractivity contribution in [2.45, 2.75) is 30.7 Å². The van der Waals surface area contributed by atoms with Crippen molar-refractivity contribution in [3.8, 4) is 0 Å². The van der Waals surface area contributed by atoms with Gasteiger partial charge in [-0.1, -0.05) is 18.6 Å². The first-order valence-corrected chi connectivity index (χ1v) is 9.34. The van der Waals surface area contributed by atoms with E-state index in [2.05, 4.69) is 10.6 Å². The van der Waals surface area contributed by atoms with Gasteiger partial charge in [-0.2, -0.15) is 0 Å². The van der Waals surface area contributed by atoms with Gasteiger partial charge in [0.15, 0.2) is 0 Å². The van der Waals surface area contributed by atoms with Crippen molar-refractivity contribution >= 4 is 29.6 Å². The molecule has 0 aromatic heterocycles. The summed E-state index contributed by atoms with van der Waals surface area (Å²) in [4.78, 5) is 37.7. The van der Waals surface area contributed by atoms with Gasteiger partial charge in [-0.3, -0.25) is 14.5 Å². The summed E-state index contributed by atoms with van der Waals surface area (Å²) >= 11 is 1.63. The van der Waals surface area contributed by atoms with Crippen molar-refractivity contribution in [1.82, 2.24) is 15.5 Å². The number of hydrogen-bond donors (Lipinski definition) is 2. The summed E-state index contributed by atoms with van der Waals surface area (Å²) in [6.45, 7) is 0.369. The molecule has 3 atom stereocenters. The minimum atomic E-state index is -0.218. The van der Waals surface area contributed by atoms with Crippen LogP contribution in [0.1, 0.15) is 40.0 Å². The van der Waals surface area contributed by atoms with E-state index < -0.39 is 0 Å². The molecule has 4 amide bonds. The van der Waals surface area contributed by atoms with E-state index in [4.69, 9.17) is 0 Å². The Bertz CT molecular complexity index is 673. The molecule has 7 heteroatoms. The summed E-state index contributed by atoms with van der Waals surface area (Å²) in [5, 5.41) is 6.02. The molecule has 1 aromatic rings. The van der Waals surface area contributed by atoms with Gasteiger partial charge in [-0.25, -0.2) is 4.79 Å². The van der Waals surface area contributed by atoms with Crippen LogP contribution in [0.25, 0.3) is 0 Å². The average Bonchev–Trinajstić information content (AvgIpc) is 3.13. The first-order chi connectivity index (χ1) is 11.6. The zero-order chi connectivity index (χ0) is 16.7. The number of thioether (sulfide) groups is 1. The number of fused-ring (bicyclic) bond motifs is 2. The average molecular weight is 345 g/mol. The molecule has 1 saturated carbocycles. The Morgan fingerprint density at radius 3 is 2.46 bits per heavy atom. The monoisotopic (exact) mass is 345 g/mol. The SMILES string of the molecule is O=C1NC2CCCC2C(SCCN2C(=O)c3ccccc3C2=O)N1. The normalized spacial score (nSPS) is 28.4. The number of rotatable bonds is 4. The summed E-state index contributed by atoms with van der Waals surface area (Å²) in [7, 11) is 0. The van der Waals surface area contributed by atoms with Gasteiger partial charge in [-0.05, 0) is 25.0 Å². The number of nitrogens with one attached hydrogen (secondary N) is 2. The smallest absolute Gasteiger partial charge is 0.315 e. The first-order valence-electron chi connectivity index (χ1n) is 8.29. The topological polar surface area (TPSA) is 78.5 Å². The molecule has 0 radical (unpaired) electrons. The Morgan fingerprint density at radius 2 is 1.75 bits per heavy atom. The summed E-state index contributed by atoms with van der Waals surface area (Å²) in [5.41, 5.74) is 0.969. The maximum atomic E-state index is 12.3. The Hall–Kier alpha value is -2.02. The molecule has 126 valence electrons. The van der Waals surface area contributed by atoms with Crippen molar-refractivity contribution in [3.63, 3.8) is 0 Å². The molecule has 24 heavy (non-hydrogen) atoms. The lowest BCUT2D eigenvalue weighted by atomic mass is 10.0. The standard InChI is InChI=1S/C17H19N3O3S/c21-15-10-4-1-2-5-11(10)16(22)20(15)8-9-24-14-12-6-3-7-13(12)18-17(23)19-14/h1-2,4-5,12-14H,3,6-9H2,(H2,18,19,23). The predicted molar refractivity (Wildman–Crippen MR) is 90.9 cm³/mol. The highest BCUT2D eigenvalue weighted by Crippen LogP contribution is 2.35. The second-order valence-electron chi connectivity index (χ2n) is 6.42. The molecule has 2 N–H and O–H groups in total. The number of imide groups is 1. The molecule has 2 fully saturated rings. The summed E-state index contributed by atoms with van der Waals surface area (Å²) < 4.78 is 0. The zero-order valence-corrected chi connectivity index (χ0v) is 14.0. The summed E-state index contributed by atoms with van der Waals surface area (Å²) in [6.07, 6.45) is 3.27. The second kappa shape index (κ2) is 6.12. The second-order valence-corrected chi connectivity index (χ2v) is 7.67. The molecule has 0 spiro atoms. The Balaban J connectivity index is 1.37. The number of nitrogens with zero attached hydrogens (tertiary/aromatic N) is 1. The molecule has 1 saturated heterocycles. The van der Waals surface area contributed by atoms with Gasteiger partial charge in [0.1, 0.15) is 0 Å². The molecule has 2 heterocycles. The van der Waals surface area contributed by atoms with Crippen LogP contribution < -0.4 is 10.6 Å². The van der Waals surface area contributed by atoms with Crippen molar-refractivity contribution in [1.29, 1.82) is 0 Å². The Labute approximate surface area is 144 Å². The van der Waals surface area contributed by atoms with Crippen molar-refractivity contribution in [2.75, 3.05) is 12.3 Å². The predicted octanol–water partition coefficient (Wildman–Crippen LogP) is 1.82. The number of amides is 4. The van der Waals surface area contributed by atoms with Crippen LogP contribution in [0.15, 0.2) is 24.3 Å². The van der Waals surface area contributed by atoms with Crippen molar-refractivity contribution < 1.29 is 14.4 Å². The van der Waals surface area contributed by atoms with Gasteiger partial charge in [0.25, 0.3) is 11.8 Å². The van der Waals surface area contributed by atoms with Crippen LogP contribution in [0.4, 0.5) is 4.79 Å². The van der Waals surface area contributed by atoms with Gasteiger partial charge in [0, 0.05) is 24.3 Å². The van der Waals surface area contributed by atoms with Crippen LogP contribution in [0.5, 0.6) is 0 Å². The minimum Gasteiger partial charge on any atom is -0.335 e. The summed E-state index contributed by atoms with van der Waals surface area (Å²) in [5.74, 6) is 0.614. The van der Waals surface area contributed by atoms with Crippen LogP contribution in [0.2, 0.25) is 0 Å². The fourth-order valence-corrected chi connectivity index (χ4v) is 5.16. The van der Waals surface area contributed by atoms with E-state index in [1.807, 2.05) is 0 Å². The third-order valence-electron chi connectivity index (χ3n) is 5.04. The Morgan fingerprint density at radius 1 is 1.04 bits per heavy atom. The molecular formula is C17H19N3O3S. The van der Waals surface area contributed by atoms with E-state index in [0.29, 0.717) is 29.3 Å². The first kappa shape index (κ1) is 15.5. The van der Waals surface area contributed by atoms with Crippen LogP contribution >= 0.6 is 11.8 Å². The highest BCUT2D eigenvalue weighted by molar-refractivity contribution is 7.99. The number of carbonyl (C=O) groups excluding carboxylic acids is 3. The number of urea groups is 1. The van der Waals surface area contributed by atoms with E-state index in [1.54, 1.807) is 36.0 Å². The van der Waals surface area contributed by atoms with Gasteiger partial charge < -0.3 is 10.6 Å². The fraction of sp³-hybridized carbons (Fsp3) is 0.471. The molecule has 3 aliphatic rings. The lowest BCUT2D eigenvalue weighted by molar-refractivity contribution is 0.0664. The molecule has 6 nitrogen and oxygen atoms in total. The van der Waals surface area contributed by atoms with Crippen molar-refractivity contribution in [2.24, 2.45) is 5.92 Å². The quantitative estimate of drug-likeness (QED) is 0.816. The molecule has 3 unspecified atom stereocenters. The lowest BCUT2D eigenvalue weighted by Crippen LogP contribution is -2.57. The Kier molecular flexibility index (Phi) is 3.96. The van der Waals surface area contributed by atoms with Crippen molar-refractivity contribution in [3.05, 3.63) is 35.4 Å². The van der Waals surface area contributed by atoms with Gasteiger partial charge in [0.2, 0.25) is 0 Å². The molecule has 0 bridgehead atoms. The maximum Gasteiger partial charge on any atom is 0.315 e. The molecule has 1 aromatic carbocycles. The third kappa shape index (κ3) is 2.56. The largest absolute Gasteiger partial charge is 0.335 e. The highest BCUT2D eigenvalue weighted by Gasteiger charge is 2.40. The molecule has 1 aliphatic carbocycles. The van der Waals surface area contributed by atoms with Crippen LogP contribution in [-0.2, 0) is 0 Å². The zero-order valence-electron chi connectivity index (χ0n) is 13.2. The molecular weight excluding hydrogens is 326 g/mol. The van der Waals surface area contributed by atoms with E-state index in [-0.39, 0.29) is 29.3 Å². The minimum absolute atomic E-state index is 0.0569.